The second kappa shape index (κ2) is 6.62. The molecule has 1 aromatic carbocycles. The number of alkyl halides is 3. The van der Waals surface area contributed by atoms with Gasteiger partial charge in [0.25, 0.3) is 0 Å². The number of fused-ring (bicyclic) bond motifs is 1. The lowest BCUT2D eigenvalue weighted by Gasteiger charge is -2.16. The fourth-order valence-corrected chi connectivity index (χ4v) is 2.88. The zero-order chi connectivity index (χ0) is 19.1. The molecule has 6 nitrogen and oxygen atoms in total. The van der Waals surface area contributed by atoms with Crippen molar-refractivity contribution in [2.75, 3.05) is 7.11 Å². The molecule has 0 atom stereocenters. The maximum absolute atomic E-state index is 13.3. The Morgan fingerprint density at radius 3 is 2.38 bits per heavy atom. The van der Waals surface area contributed by atoms with Crippen molar-refractivity contribution in [2.24, 2.45) is 0 Å². The van der Waals surface area contributed by atoms with Crippen LogP contribution in [0.1, 0.15) is 16.8 Å². The van der Waals surface area contributed by atoms with Crippen LogP contribution >= 0.6 is 0 Å². The first-order chi connectivity index (χ1) is 12.2. The molecule has 3 rings (SSSR count). The third-order valence-corrected chi connectivity index (χ3v) is 4.04. The van der Waals surface area contributed by atoms with Gasteiger partial charge in [-0.3, -0.25) is 0 Å². The summed E-state index contributed by atoms with van der Waals surface area (Å²) < 4.78 is 46.5. The predicted molar refractivity (Wildman–Crippen MR) is 89.2 cm³/mol. The van der Waals surface area contributed by atoms with Crippen LogP contribution in [0.15, 0.2) is 30.5 Å². The number of hydrogen-bond donors (Lipinski definition) is 2. The highest BCUT2D eigenvalue weighted by atomic mass is 19.4. The van der Waals surface area contributed by atoms with Crippen LogP contribution in [0.3, 0.4) is 0 Å². The Labute approximate surface area is 147 Å². The first-order valence-electron chi connectivity index (χ1n) is 7.64. The molecule has 10 heteroatoms. The van der Waals surface area contributed by atoms with E-state index in [2.05, 4.69) is 10.1 Å². The molecule has 26 heavy (non-hydrogen) atoms. The molecule has 0 fully saturated rings. The van der Waals surface area contributed by atoms with E-state index in [1.165, 1.54) is 11.6 Å². The van der Waals surface area contributed by atoms with E-state index in [9.17, 15) is 23.2 Å². The Hall–Kier alpha value is -2.59. The minimum Gasteiger partial charge on any atom is -0.497 e. The van der Waals surface area contributed by atoms with Gasteiger partial charge in [-0.1, -0.05) is 12.1 Å². The summed E-state index contributed by atoms with van der Waals surface area (Å²) in [5, 5.41) is 23.1. The average Bonchev–Trinajstić information content (AvgIpc) is 2.95. The van der Waals surface area contributed by atoms with E-state index in [4.69, 9.17) is 4.74 Å². The highest BCUT2D eigenvalue weighted by Crippen LogP contribution is 2.32. The van der Waals surface area contributed by atoms with Crippen molar-refractivity contribution < 1.29 is 28.0 Å². The van der Waals surface area contributed by atoms with Gasteiger partial charge in [-0.25, -0.2) is 9.67 Å². The minimum absolute atomic E-state index is 0.0496. The number of benzene rings is 1. The smallest absolute Gasteiger partial charge is 0.489 e. The predicted octanol–water partition coefficient (Wildman–Crippen LogP) is 1.50. The molecule has 2 aromatic heterocycles. The summed E-state index contributed by atoms with van der Waals surface area (Å²) in [4.78, 5) is 4.01. The maximum atomic E-state index is 13.3. The van der Waals surface area contributed by atoms with Crippen molar-refractivity contribution in [1.29, 1.82) is 0 Å². The van der Waals surface area contributed by atoms with Gasteiger partial charge in [0.05, 0.1) is 31.1 Å². The Bertz CT molecular complexity index is 940. The van der Waals surface area contributed by atoms with Gasteiger partial charge in [0.1, 0.15) is 5.75 Å². The van der Waals surface area contributed by atoms with Crippen molar-refractivity contribution in [2.45, 2.75) is 19.6 Å². The zero-order valence-electron chi connectivity index (χ0n) is 13.9. The van der Waals surface area contributed by atoms with E-state index in [1.807, 2.05) is 0 Å². The Balaban J connectivity index is 2.12. The highest BCUT2D eigenvalue weighted by molar-refractivity contribution is 6.62. The van der Waals surface area contributed by atoms with Crippen LogP contribution in [0.4, 0.5) is 13.2 Å². The fourth-order valence-electron chi connectivity index (χ4n) is 2.88. The summed E-state index contributed by atoms with van der Waals surface area (Å²) in [7, 11) is -0.752. The molecule has 0 saturated heterocycles. The number of halogens is 3. The normalized spacial score (nSPS) is 11.8. The molecule has 2 N–H and O–H groups in total. The molecular weight excluding hydrogens is 350 g/mol. The third kappa shape index (κ3) is 3.25. The van der Waals surface area contributed by atoms with E-state index in [0.717, 1.165) is 11.8 Å². The summed E-state index contributed by atoms with van der Waals surface area (Å²) in [5.41, 5.74) is -1.15. The number of ether oxygens (including phenoxy) is 1. The molecule has 2 heterocycles. The highest BCUT2D eigenvalue weighted by Gasteiger charge is 2.40. The molecule has 0 spiro atoms. The number of nitrogens with zero attached hydrogens (tertiary/aromatic N) is 3. The van der Waals surface area contributed by atoms with Gasteiger partial charge in [0.2, 0.25) is 0 Å². The minimum atomic E-state index is -4.76. The lowest BCUT2D eigenvalue weighted by atomic mass is 9.75. The van der Waals surface area contributed by atoms with Crippen LogP contribution in [0.2, 0.25) is 0 Å². The molecule has 0 unspecified atom stereocenters. The van der Waals surface area contributed by atoms with E-state index < -0.39 is 24.3 Å². The van der Waals surface area contributed by atoms with Crippen molar-refractivity contribution in [3.05, 3.63) is 47.3 Å². The SMILES string of the molecule is COc1ccc(Cn2ncc3c(B(O)O)c(C(F)(F)F)c(C)nc32)cc1. The van der Waals surface area contributed by atoms with Gasteiger partial charge >= 0.3 is 13.3 Å². The number of rotatable bonds is 4. The molecule has 3 aromatic rings. The van der Waals surface area contributed by atoms with E-state index >= 15 is 0 Å². The van der Waals surface area contributed by atoms with Gasteiger partial charge in [-0.2, -0.15) is 18.3 Å². The number of aryl methyl sites for hydroxylation is 1. The summed E-state index contributed by atoms with van der Waals surface area (Å²) in [6.45, 7) is 1.44. The first-order valence-corrected chi connectivity index (χ1v) is 7.64. The van der Waals surface area contributed by atoms with Gasteiger partial charge in [-0.05, 0) is 24.6 Å². The van der Waals surface area contributed by atoms with Crippen molar-refractivity contribution in [3.8, 4) is 5.75 Å². The van der Waals surface area contributed by atoms with Crippen LogP contribution < -0.4 is 10.2 Å². The molecule has 0 amide bonds. The molecular formula is C16H15BF3N3O3. The second-order valence-corrected chi connectivity index (χ2v) is 5.74. The summed E-state index contributed by atoms with van der Waals surface area (Å²) >= 11 is 0. The van der Waals surface area contributed by atoms with Crippen molar-refractivity contribution in [3.63, 3.8) is 0 Å². The van der Waals surface area contributed by atoms with E-state index in [-0.39, 0.29) is 23.3 Å². The Kier molecular flexibility index (Phi) is 4.64. The molecule has 0 aliphatic carbocycles. The van der Waals surface area contributed by atoms with Crippen LogP contribution in [-0.2, 0) is 12.7 Å². The number of methoxy groups -OCH3 is 1. The largest absolute Gasteiger partial charge is 0.497 e. The number of pyridine rings is 1. The monoisotopic (exact) mass is 365 g/mol. The van der Waals surface area contributed by atoms with Crippen LogP contribution in [-0.4, -0.2) is 39.0 Å². The molecule has 0 bridgehead atoms. The second-order valence-electron chi connectivity index (χ2n) is 5.74. The van der Waals surface area contributed by atoms with E-state index in [1.54, 1.807) is 31.4 Å². The third-order valence-electron chi connectivity index (χ3n) is 4.04. The van der Waals surface area contributed by atoms with Crippen LogP contribution in [0.25, 0.3) is 11.0 Å². The molecule has 0 radical (unpaired) electrons. The first kappa shape index (κ1) is 18.2. The molecule has 136 valence electrons. The summed E-state index contributed by atoms with van der Waals surface area (Å²) in [6.07, 6.45) is -3.60. The van der Waals surface area contributed by atoms with Crippen LogP contribution in [0, 0.1) is 6.92 Å². The maximum Gasteiger partial charge on any atom is 0.489 e. The van der Waals surface area contributed by atoms with Gasteiger partial charge < -0.3 is 14.8 Å². The topological polar surface area (TPSA) is 80.4 Å². The van der Waals surface area contributed by atoms with Crippen molar-refractivity contribution >= 4 is 23.6 Å². The van der Waals surface area contributed by atoms with E-state index in [0.29, 0.717) is 5.75 Å². The van der Waals surface area contributed by atoms with Crippen LogP contribution in [0.5, 0.6) is 5.75 Å². The molecule has 0 aliphatic rings. The molecule has 0 aliphatic heterocycles. The fraction of sp³-hybridized carbons (Fsp3) is 0.250. The quantitative estimate of drug-likeness (QED) is 0.685. The summed E-state index contributed by atoms with van der Waals surface area (Å²) in [5.74, 6) is 0.675. The lowest BCUT2D eigenvalue weighted by molar-refractivity contribution is -0.137. The Morgan fingerprint density at radius 2 is 1.85 bits per heavy atom. The average molecular weight is 365 g/mol. The number of aromatic nitrogens is 3. The van der Waals surface area contributed by atoms with Gasteiger partial charge in [0.15, 0.2) is 5.65 Å². The lowest BCUT2D eigenvalue weighted by Crippen LogP contribution is -2.38. The molecule has 0 saturated carbocycles. The van der Waals surface area contributed by atoms with Gasteiger partial charge in [0, 0.05) is 10.8 Å². The zero-order valence-corrected chi connectivity index (χ0v) is 13.9. The Morgan fingerprint density at radius 1 is 1.19 bits per heavy atom. The standard InChI is InChI=1S/C16H15BF3N3O3/c1-9-13(16(18,19)20)14(17(24)25)12-7-21-23(15(12)22-9)8-10-3-5-11(26-2)6-4-10/h3-7,24-25H,8H2,1-2H3. The summed E-state index contributed by atoms with van der Waals surface area (Å²) in [6, 6.07) is 7.10. The van der Waals surface area contributed by atoms with Gasteiger partial charge in [-0.15, -0.1) is 0 Å². The number of hydrogen-bond acceptors (Lipinski definition) is 5. The van der Waals surface area contributed by atoms with Crippen molar-refractivity contribution in [1.82, 2.24) is 14.8 Å².